The van der Waals surface area contributed by atoms with Crippen molar-refractivity contribution in [1.29, 1.82) is 0 Å². The molecule has 2 aromatic rings. The summed E-state index contributed by atoms with van der Waals surface area (Å²) < 4.78 is 0. The molecule has 1 saturated heterocycles. The summed E-state index contributed by atoms with van der Waals surface area (Å²) in [6.07, 6.45) is 4.31. The van der Waals surface area contributed by atoms with Gasteiger partial charge in [-0.15, -0.1) is 0 Å². The largest absolute Gasteiger partial charge is 0.357 e. The summed E-state index contributed by atoms with van der Waals surface area (Å²) >= 11 is 0. The van der Waals surface area contributed by atoms with Crippen LogP contribution in [0.4, 0.5) is 0 Å². The van der Waals surface area contributed by atoms with Crippen molar-refractivity contribution in [2.45, 2.75) is 38.9 Å². The van der Waals surface area contributed by atoms with Crippen LogP contribution in [0.25, 0.3) is 0 Å². The van der Waals surface area contributed by atoms with E-state index in [4.69, 9.17) is 0 Å². The smallest absolute Gasteiger partial charge is 0.191 e. The van der Waals surface area contributed by atoms with Gasteiger partial charge in [0.2, 0.25) is 0 Å². The zero-order valence-electron chi connectivity index (χ0n) is 15.6. The highest BCUT2D eigenvalue weighted by Gasteiger charge is 2.24. The van der Waals surface area contributed by atoms with Crippen molar-refractivity contribution < 1.29 is 0 Å². The summed E-state index contributed by atoms with van der Waals surface area (Å²) in [5.41, 5.74) is 2.37. The van der Waals surface area contributed by atoms with E-state index in [0.717, 1.165) is 31.3 Å². The van der Waals surface area contributed by atoms with Crippen LogP contribution in [0.2, 0.25) is 0 Å². The first-order chi connectivity index (χ1) is 12.8. The topological polar surface area (TPSA) is 52.6 Å². The van der Waals surface area contributed by atoms with E-state index >= 15 is 0 Å². The van der Waals surface area contributed by atoms with E-state index in [1.54, 1.807) is 0 Å². The molecule has 5 heteroatoms. The van der Waals surface area contributed by atoms with E-state index in [-0.39, 0.29) is 0 Å². The highest BCUT2D eigenvalue weighted by atomic mass is 15.2. The van der Waals surface area contributed by atoms with Gasteiger partial charge in [-0.1, -0.05) is 36.4 Å². The molecule has 0 spiro atoms. The van der Waals surface area contributed by atoms with Gasteiger partial charge in [0, 0.05) is 31.9 Å². The molecule has 1 aromatic carbocycles. The van der Waals surface area contributed by atoms with E-state index in [9.17, 15) is 0 Å². The van der Waals surface area contributed by atoms with Gasteiger partial charge in [0.1, 0.15) is 0 Å². The van der Waals surface area contributed by atoms with Gasteiger partial charge >= 0.3 is 0 Å². The van der Waals surface area contributed by atoms with Gasteiger partial charge in [0.15, 0.2) is 5.96 Å². The maximum Gasteiger partial charge on any atom is 0.191 e. The van der Waals surface area contributed by atoms with Crippen LogP contribution in [0.3, 0.4) is 0 Å². The van der Waals surface area contributed by atoms with Crippen molar-refractivity contribution in [1.82, 2.24) is 20.5 Å². The van der Waals surface area contributed by atoms with E-state index in [1.807, 2.05) is 24.4 Å². The predicted octanol–water partition coefficient (Wildman–Crippen LogP) is 2.80. The second-order valence-electron chi connectivity index (χ2n) is 6.65. The quantitative estimate of drug-likeness (QED) is 0.595. The summed E-state index contributed by atoms with van der Waals surface area (Å²) in [5.74, 6) is 0.865. The molecule has 2 heterocycles. The number of rotatable bonds is 7. The van der Waals surface area contributed by atoms with Crippen molar-refractivity contribution in [2.75, 3.05) is 19.6 Å². The first-order valence-electron chi connectivity index (χ1n) is 9.55. The van der Waals surface area contributed by atoms with Crippen LogP contribution >= 0.6 is 0 Å². The Kier molecular flexibility index (Phi) is 7.02. The molecule has 0 aliphatic carbocycles. The third-order valence-electron chi connectivity index (χ3n) is 4.70. The molecule has 1 aliphatic rings. The average Bonchev–Trinajstić information content (AvgIpc) is 3.12. The monoisotopic (exact) mass is 351 g/mol. The number of nitrogens with one attached hydrogen (secondary N) is 2. The minimum Gasteiger partial charge on any atom is -0.357 e. The van der Waals surface area contributed by atoms with Crippen LogP contribution in [-0.2, 0) is 13.1 Å². The fourth-order valence-electron chi connectivity index (χ4n) is 3.36. The third-order valence-corrected chi connectivity index (χ3v) is 4.70. The Morgan fingerprint density at radius 2 is 2.00 bits per heavy atom. The summed E-state index contributed by atoms with van der Waals surface area (Å²) in [5, 5.41) is 6.85. The Morgan fingerprint density at radius 3 is 2.77 bits per heavy atom. The first kappa shape index (κ1) is 18.4. The van der Waals surface area contributed by atoms with Crippen LogP contribution in [0.1, 0.15) is 31.0 Å². The lowest BCUT2D eigenvalue weighted by molar-refractivity contribution is 0.245. The molecule has 1 atom stereocenters. The van der Waals surface area contributed by atoms with Crippen LogP contribution in [-0.4, -0.2) is 41.5 Å². The standard InChI is InChI=1S/C21H29N5/c1-2-22-21(24-15-19-11-6-7-13-23-19)25-16-20-12-8-14-26(20)17-18-9-4-3-5-10-18/h3-7,9-11,13,20H,2,8,12,14-17H2,1H3,(H2,22,24,25). The Bertz CT molecular complexity index is 671. The van der Waals surface area contributed by atoms with E-state index in [2.05, 4.69) is 62.8 Å². The van der Waals surface area contributed by atoms with Gasteiger partial charge in [0.25, 0.3) is 0 Å². The van der Waals surface area contributed by atoms with Gasteiger partial charge in [-0.25, -0.2) is 4.99 Å². The molecule has 3 rings (SSSR count). The van der Waals surface area contributed by atoms with Crippen LogP contribution in [0.5, 0.6) is 0 Å². The number of aromatic nitrogens is 1. The molecular weight excluding hydrogens is 322 g/mol. The molecule has 5 nitrogen and oxygen atoms in total. The first-order valence-corrected chi connectivity index (χ1v) is 9.55. The number of benzene rings is 1. The van der Waals surface area contributed by atoms with Crippen molar-refractivity contribution in [2.24, 2.45) is 4.99 Å². The molecule has 2 N–H and O–H groups in total. The molecule has 26 heavy (non-hydrogen) atoms. The number of guanidine groups is 1. The molecule has 1 aliphatic heterocycles. The minimum absolute atomic E-state index is 0.550. The minimum atomic E-state index is 0.550. The Hall–Kier alpha value is -2.40. The van der Waals surface area contributed by atoms with Gasteiger partial charge in [-0.3, -0.25) is 9.88 Å². The Balaban J connectivity index is 1.54. The predicted molar refractivity (Wildman–Crippen MR) is 107 cm³/mol. The molecule has 1 unspecified atom stereocenters. The van der Waals surface area contributed by atoms with Gasteiger partial charge in [0.05, 0.1) is 12.2 Å². The summed E-state index contributed by atoms with van der Waals surface area (Å²) in [7, 11) is 0. The molecule has 0 saturated carbocycles. The zero-order valence-corrected chi connectivity index (χ0v) is 15.6. The normalized spacial score (nSPS) is 18.0. The molecule has 138 valence electrons. The second-order valence-corrected chi connectivity index (χ2v) is 6.65. The van der Waals surface area contributed by atoms with Crippen molar-refractivity contribution >= 4 is 5.96 Å². The third kappa shape index (κ3) is 5.56. The number of aliphatic imine (C=N–C) groups is 1. The Morgan fingerprint density at radius 1 is 1.15 bits per heavy atom. The summed E-state index contributed by atoms with van der Waals surface area (Å²) in [6, 6.07) is 17.2. The van der Waals surface area contributed by atoms with Crippen molar-refractivity contribution in [3.05, 3.63) is 66.0 Å². The fourth-order valence-corrected chi connectivity index (χ4v) is 3.36. The van der Waals surface area contributed by atoms with Crippen LogP contribution in [0.15, 0.2) is 59.7 Å². The molecule has 0 bridgehead atoms. The van der Waals surface area contributed by atoms with Crippen LogP contribution in [0, 0.1) is 0 Å². The number of nitrogens with zero attached hydrogens (tertiary/aromatic N) is 3. The fraction of sp³-hybridized carbons (Fsp3) is 0.429. The molecule has 1 fully saturated rings. The lowest BCUT2D eigenvalue weighted by atomic mass is 10.2. The SMILES string of the molecule is CCNC(=NCc1ccccn1)NCC1CCCN1Cc1ccccc1. The number of likely N-dealkylation sites (tertiary alicyclic amines) is 1. The number of hydrogen-bond donors (Lipinski definition) is 2. The highest BCUT2D eigenvalue weighted by Crippen LogP contribution is 2.19. The lowest BCUT2D eigenvalue weighted by Gasteiger charge is -2.25. The molecule has 0 amide bonds. The van der Waals surface area contributed by atoms with Gasteiger partial charge in [-0.2, -0.15) is 0 Å². The lowest BCUT2D eigenvalue weighted by Crippen LogP contribution is -2.44. The second kappa shape index (κ2) is 9.92. The number of hydrogen-bond acceptors (Lipinski definition) is 3. The van der Waals surface area contributed by atoms with E-state index < -0.39 is 0 Å². The van der Waals surface area contributed by atoms with Gasteiger partial charge < -0.3 is 10.6 Å². The Labute approximate surface area is 156 Å². The van der Waals surface area contributed by atoms with Crippen molar-refractivity contribution in [3.63, 3.8) is 0 Å². The van der Waals surface area contributed by atoms with Crippen LogP contribution < -0.4 is 10.6 Å². The zero-order chi connectivity index (χ0) is 18.0. The molecule has 0 radical (unpaired) electrons. The number of pyridine rings is 1. The van der Waals surface area contributed by atoms with Crippen molar-refractivity contribution in [3.8, 4) is 0 Å². The summed E-state index contributed by atoms with van der Waals surface area (Å²) in [6.45, 7) is 6.65. The summed E-state index contributed by atoms with van der Waals surface area (Å²) in [4.78, 5) is 11.6. The molecular formula is C21H29N5. The molecule has 1 aromatic heterocycles. The average molecular weight is 351 g/mol. The maximum absolute atomic E-state index is 4.67. The highest BCUT2D eigenvalue weighted by molar-refractivity contribution is 5.79. The van der Waals surface area contributed by atoms with E-state index in [0.29, 0.717) is 12.6 Å². The van der Waals surface area contributed by atoms with Gasteiger partial charge in [-0.05, 0) is 44.0 Å². The van der Waals surface area contributed by atoms with E-state index in [1.165, 1.54) is 24.9 Å². The maximum atomic E-state index is 4.67.